The molecule has 1 N–H and O–H groups in total. The van der Waals surface area contributed by atoms with Crippen molar-refractivity contribution in [3.05, 3.63) is 218 Å². The maximum absolute atomic E-state index is 11.6. The van der Waals surface area contributed by atoms with Crippen LogP contribution in [0.1, 0.15) is 53.0 Å². The SMILES string of the molecule is [2H]C(C)(C)c1ccc(-c2ccnc(-c3[c-]c(-c4cccc5c4nc(-c4ccccc4O)n5-c4cc(-c5ccccc5)c(C(C)(C)C)cc4-c4ccccc4)cc(-c4ccccc4)c3)c2)cc1.[Pt]. The van der Waals surface area contributed by atoms with Gasteiger partial charge in [-0.3, -0.25) is 9.55 Å². The molecule has 0 unspecified atom stereocenters. The van der Waals surface area contributed by atoms with Gasteiger partial charge in [0.1, 0.15) is 11.6 Å². The van der Waals surface area contributed by atoms with Crippen LogP contribution in [0.5, 0.6) is 5.75 Å². The molecule has 10 rings (SSSR count). The first-order chi connectivity index (χ1) is 31.9. The molecule has 4 nitrogen and oxygen atoms in total. The van der Waals surface area contributed by atoms with Crippen molar-refractivity contribution in [1.29, 1.82) is 0 Å². The molecule has 0 radical (unpaired) electrons. The molecular weight excluding hydrogens is 986 g/mol. The second-order valence-electron chi connectivity index (χ2n) is 17.9. The molecule has 0 saturated carbocycles. The summed E-state index contributed by atoms with van der Waals surface area (Å²) in [4.78, 5) is 10.5. The fraction of sp³-hybridized carbons (Fsp3) is 0.115. The number of benzene rings is 8. The number of imidazole rings is 1. The zero-order valence-corrected chi connectivity index (χ0v) is 39.9. The summed E-state index contributed by atoms with van der Waals surface area (Å²) in [5, 5.41) is 11.6. The summed E-state index contributed by atoms with van der Waals surface area (Å²) in [5.74, 6) is 0.0948. The first-order valence-corrected chi connectivity index (χ1v) is 22.2. The molecule has 10 aromatic rings. The van der Waals surface area contributed by atoms with Crippen LogP contribution in [0.4, 0.5) is 0 Å². The zero-order valence-electron chi connectivity index (χ0n) is 38.7. The van der Waals surface area contributed by atoms with E-state index in [1.807, 2.05) is 62.5 Å². The van der Waals surface area contributed by atoms with E-state index in [4.69, 9.17) is 11.3 Å². The first-order valence-electron chi connectivity index (χ1n) is 22.7. The average Bonchev–Trinajstić information content (AvgIpc) is 3.73. The van der Waals surface area contributed by atoms with E-state index >= 15 is 0 Å². The summed E-state index contributed by atoms with van der Waals surface area (Å²) < 4.78 is 10.8. The molecule has 326 valence electrons. The van der Waals surface area contributed by atoms with Gasteiger partial charge < -0.3 is 5.11 Å². The third-order valence-electron chi connectivity index (χ3n) is 12.3. The van der Waals surface area contributed by atoms with Crippen LogP contribution in [0.25, 0.3) is 95.0 Å². The summed E-state index contributed by atoms with van der Waals surface area (Å²) >= 11 is 0. The molecule has 2 aromatic heterocycles. The monoisotopic (exact) mass is 1040 g/mol. The summed E-state index contributed by atoms with van der Waals surface area (Å²) in [5.41, 5.74) is 17.3. The van der Waals surface area contributed by atoms with E-state index in [0.717, 1.165) is 89.2 Å². The number of para-hydroxylation sites is 2. The van der Waals surface area contributed by atoms with E-state index in [0.29, 0.717) is 11.4 Å². The Morgan fingerprint density at radius 2 is 1.14 bits per heavy atom. The number of aromatic nitrogens is 3. The predicted octanol–water partition coefficient (Wildman–Crippen LogP) is 16.0. The van der Waals surface area contributed by atoms with Crippen LogP contribution in [0, 0.1) is 6.07 Å². The number of hydrogen-bond acceptors (Lipinski definition) is 3. The molecule has 0 fully saturated rings. The minimum atomic E-state index is -0.682. The van der Waals surface area contributed by atoms with Gasteiger partial charge in [0.15, 0.2) is 0 Å². The number of fused-ring (bicyclic) bond motifs is 1. The van der Waals surface area contributed by atoms with E-state index in [1.165, 1.54) is 5.56 Å². The van der Waals surface area contributed by atoms with E-state index < -0.39 is 5.89 Å². The van der Waals surface area contributed by atoms with Crippen molar-refractivity contribution in [2.24, 2.45) is 0 Å². The molecule has 0 atom stereocenters. The Balaban J connectivity index is 0.00000562. The molecule has 5 heteroatoms. The summed E-state index contributed by atoms with van der Waals surface area (Å²) in [7, 11) is 0. The van der Waals surface area contributed by atoms with Crippen LogP contribution in [0.15, 0.2) is 200 Å². The second kappa shape index (κ2) is 18.4. The van der Waals surface area contributed by atoms with E-state index in [1.54, 1.807) is 6.07 Å². The van der Waals surface area contributed by atoms with Crippen LogP contribution in [-0.4, -0.2) is 19.6 Å². The van der Waals surface area contributed by atoms with Crippen molar-refractivity contribution in [3.63, 3.8) is 0 Å². The van der Waals surface area contributed by atoms with Crippen LogP contribution in [0.3, 0.4) is 0 Å². The van der Waals surface area contributed by atoms with Gasteiger partial charge in [0.05, 0.1) is 22.3 Å². The van der Waals surface area contributed by atoms with Gasteiger partial charge in [0, 0.05) is 39.9 Å². The van der Waals surface area contributed by atoms with Crippen LogP contribution >= 0.6 is 0 Å². The van der Waals surface area contributed by atoms with Crippen molar-refractivity contribution >= 4 is 11.0 Å². The van der Waals surface area contributed by atoms with Gasteiger partial charge in [-0.15, -0.1) is 23.8 Å². The Labute approximate surface area is 404 Å². The second-order valence-corrected chi connectivity index (χ2v) is 17.9. The van der Waals surface area contributed by atoms with Crippen molar-refractivity contribution < 1.29 is 27.5 Å². The summed E-state index contributed by atoms with van der Waals surface area (Å²) in [6.07, 6.45) is 1.86. The zero-order chi connectivity index (χ0) is 45.6. The number of pyridine rings is 1. The largest absolute Gasteiger partial charge is 0.507 e. The maximum Gasteiger partial charge on any atom is 0.148 e. The van der Waals surface area contributed by atoms with Crippen molar-refractivity contribution in [2.75, 3.05) is 0 Å². The molecule has 0 spiro atoms. The standard InChI is InChI=1S/C61H50N3O.Pt/c1-40(2)41-28-30-43(31-29-41)46-32-33-62-55(37-46)49-35-47(42-18-9-6-10-19-42)34-48(36-49)50-25-17-26-56-59(50)63-60(51-24-15-16-27-58(51)65)64(56)57-39-52(44-20-11-7-12-21-44)54(61(3,4)5)38-53(57)45-22-13-8-14-23-45;/h6-35,37-40,65H,1-5H3;/q-1;/i40D;. The molecule has 0 saturated heterocycles. The number of nitrogens with zero attached hydrogens (tertiary/aromatic N) is 3. The molecule has 66 heavy (non-hydrogen) atoms. The van der Waals surface area contributed by atoms with Gasteiger partial charge in [0.25, 0.3) is 0 Å². The fourth-order valence-corrected chi connectivity index (χ4v) is 8.91. The normalized spacial score (nSPS) is 11.9. The Hall–Kier alpha value is -7.13. The molecule has 8 aromatic carbocycles. The molecule has 0 aliphatic carbocycles. The van der Waals surface area contributed by atoms with Gasteiger partial charge >= 0.3 is 0 Å². The van der Waals surface area contributed by atoms with Crippen LogP contribution < -0.4 is 0 Å². The minimum Gasteiger partial charge on any atom is -0.507 e. The van der Waals surface area contributed by atoms with E-state index in [9.17, 15) is 5.11 Å². The molecule has 0 aliphatic heterocycles. The maximum atomic E-state index is 11.6. The Bertz CT molecular complexity index is 3370. The molecule has 2 heterocycles. The van der Waals surface area contributed by atoms with Crippen molar-refractivity contribution in [2.45, 2.75) is 45.9 Å². The Kier molecular flexibility index (Phi) is 11.9. The van der Waals surface area contributed by atoms with Crippen LogP contribution in [0.2, 0.25) is 0 Å². The number of rotatable bonds is 9. The molecule has 0 aliphatic rings. The Morgan fingerprint density at radius 3 is 1.79 bits per heavy atom. The number of hydrogen-bond donors (Lipinski definition) is 1. The minimum absolute atomic E-state index is 0. The topological polar surface area (TPSA) is 50.9 Å². The van der Waals surface area contributed by atoms with Gasteiger partial charge in [-0.05, 0) is 92.2 Å². The predicted molar refractivity (Wildman–Crippen MR) is 270 cm³/mol. The Morgan fingerprint density at radius 1 is 0.545 bits per heavy atom. The van der Waals surface area contributed by atoms with Gasteiger partial charge in [-0.25, -0.2) is 4.98 Å². The van der Waals surface area contributed by atoms with Crippen LogP contribution in [-0.2, 0) is 26.5 Å². The molecule has 0 bridgehead atoms. The summed E-state index contributed by atoms with van der Waals surface area (Å²) in [6.45, 7) is 10.6. The molecular formula is C61H50N3OPt-. The van der Waals surface area contributed by atoms with Gasteiger partial charge in [-0.1, -0.05) is 197 Å². The summed E-state index contributed by atoms with van der Waals surface area (Å²) in [6, 6.07) is 70.6. The molecule has 0 amide bonds. The van der Waals surface area contributed by atoms with E-state index in [-0.39, 0.29) is 32.2 Å². The smallest absolute Gasteiger partial charge is 0.148 e. The third kappa shape index (κ3) is 8.58. The van der Waals surface area contributed by atoms with Crippen molar-refractivity contribution in [3.8, 4) is 89.7 Å². The van der Waals surface area contributed by atoms with Gasteiger partial charge in [0.2, 0.25) is 0 Å². The number of phenolic OH excluding ortho intramolecular Hbond substituents is 1. The number of phenols is 1. The first kappa shape index (κ1) is 42.8. The van der Waals surface area contributed by atoms with Crippen molar-refractivity contribution in [1.82, 2.24) is 14.5 Å². The van der Waals surface area contributed by atoms with Gasteiger partial charge in [-0.2, -0.15) is 0 Å². The average molecular weight is 1040 g/mol. The van der Waals surface area contributed by atoms with E-state index in [2.05, 4.69) is 177 Å². The third-order valence-corrected chi connectivity index (χ3v) is 12.3. The fourth-order valence-electron chi connectivity index (χ4n) is 8.91. The quantitative estimate of drug-likeness (QED) is 0.147. The number of aromatic hydroxyl groups is 1.